The number of carboxylic acid groups (broad SMARTS) is 1. The Morgan fingerprint density at radius 1 is 0.719 bits per heavy atom. The zero-order chi connectivity index (χ0) is 22.1. The molecule has 0 aromatic heterocycles. The quantitative estimate of drug-likeness (QED) is 0.465. The molecule has 0 spiro atoms. The van der Waals surface area contributed by atoms with Crippen molar-refractivity contribution < 1.29 is 33.6 Å². The van der Waals surface area contributed by atoms with Crippen LogP contribution in [0, 0.1) is 0 Å². The van der Waals surface area contributed by atoms with Gasteiger partial charge in [0.05, 0.1) is 5.57 Å². The summed E-state index contributed by atoms with van der Waals surface area (Å²) in [5, 5.41) is 10.1. The number of benzene rings is 3. The van der Waals surface area contributed by atoms with Crippen LogP contribution in [0.2, 0.25) is 0 Å². The van der Waals surface area contributed by atoms with Gasteiger partial charge in [0.15, 0.2) is 28.8 Å². The van der Waals surface area contributed by atoms with Gasteiger partial charge in [-0.1, -0.05) is 36.4 Å². The van der Waals surface area contributed by atoms with Crippen LogP contribution in [0.15, 0.2) is 72.3 Å². The largest absolute Gasteiger partial charge is 0.478 e. The van der Waals surface area contributed by atoms with Gasteiger partial charge in [-0.3, -0.25) is 4.79 Å². The molecular formula is C25H18O7. The van der Waals surface area contributed by atoms with E-state index in [2.05, 4.69) is 0 Å². The second-order valence-corrected chi connectivity index (χ2v) is 7.29. The molecule has 2 aliphatic rings. The van der Waals surface area contributed by atoms with Gasteiger partial charge in [-0.25, -0.2) is 4.79 Å². The van der Waals surface area contributed by atoms with Crippen molar-refractivity contribution in [2.45, 2.75) is 6.42 Å². The van der Waals surface area contributed by atoms with E-state index in [0.717, 1.165) is 5.56 Å². The smallest absolute Gasteiger partial charge is 0.336 e. The van der Waals surface area contributed by atoms with E-state index >= 15 is 0 Å². The molecule has 2 aliphatic heterocycles. The third kappa shape index (κ3) is 3.65. The number of hydrogen-bond acceptors (Lipinski definition) is 6. The van der Waals surface area contributed by atoms with Crippen LogP contribution >= 0.6 is 0 Å². The predicted octanol–water partition coefficient (Wildman–Crippen LogP) is 4.11. The van der Waals surface area contributed by atoms with Crippen LogP contribution < -0.4 is 18.9 Å². The lowest BCUT2D eigenvalue weighted by Gasteiger charge is -2.14. The van der Waals surface area contributed by atoms with Gasteiger partial charge >= 0.3 is 5.97 Å². The fraction of sp³-hybridized carbons (Fsp3) is 0.120. The normalized spacial score (nSPS) is 14.1. The Morgan fingerprint density at radius 2 is 1.28 bits per heavy atom. The van der Waals surface area contributed by atoms with Crippen LogP contribution in [-0.2, 0) is 11.2 Å². The number of allylic oxidation sites excluding steroid dienone is 1. The Bertz CT molecular complexity index is 1240. The summed E-state index contributed by atoms with van der Waals surface area (Å²) < 4.78 is 21.5. The van der Waals surface area contributed by atoms with Gasteiger partial charge in [-0.2, -0.15) is 0 Å². The molecule has 0 bridgehead atoms. The van der Waals surface area contributed by atoms with Crippen LogP contribution in [0.1, 0.15) is 21.5 Å². The minimum atomic E-state index is -1.20. The first kappa shape index (κ1) is 19.7. The number of carboxylic acids is 1. The molecule has 0 amide bonds. The Labute approximate surface area is 183 Å². The molecule has 5 rings (SSSR count). The number of fused-ring (bicyclic) bond motifs is 2. The number of hydrogen-bond donors (Lipinski definition) is 1. The van der Waals surface area contributed by atoms with Gasteiger partial charge in [0.2, 0.25) is 13.6 Å². The zero-order valence-electron chi connectivity index (χ0n) is 16.9. The Morgan fingerprint density at radius 3 is 1.91 bits per heavy atom. The summed E-state index contributed by atoms with van der Waals surface area (Å²) in [6.45, 7) is 0.148. The maximum atomic E-state index is 13.6. The molecule has 3 aromatic rings. The summed E-state index contributed by atoms with van der Waals surface area (Å²) in [6.07, 6.45) is 0.143. The standard InChI is InChI=1S/C25H18O7/c26-24(17-7-9-20-22(12-17)32-14-30-20)18(10-15-4-2-1-3-5-15)23(25(27)28)16-6-8-19-21(11-16)31-13-29-19/h1-9,11-12H,10,13-14H2,(H,27,28)/b23-18-. The van der Waals surface area contributed by atoms with Crippen molar-refractivity contribution >= 4 is 17.3 Å². The van der Waals surface area contributed by atoms with Crippen LogP contribution in [0.5, 0.6) is 23.0 Å². The average molecular weight is 430 g/mol. The molecule has 7 heteroatoms. The summed E-state index contributed by atoms with van der Waals surface area (Å²) in [5.41, 5.74) is 1.56. The van der Waals surface area contributed by atoms with E-state index in [1.807, 2.05) is 30.3 Å². The first-order chi connectivity index (χ1) is 15.6. The summed E-state index contributed by atoms with van der Waals surface area (Å²) in [7, 11) is 0. The second kappa shape index (κ2) is 8.11. The minimum absolute atomic E-state index is 0.0674. The van der Waals surface area contributed by atoms with Crippen LogP contribution in [0.25, 0.3) is 5.57 Å². The van der Waals surface area contributed by atoms with E-state index in [1.165, 1.54) is 0 Å². The summed E-state index contributed by atoms with van der Waals surface area (Å²) in [6, 6.07) is 19.0. The molecule has 1 N–H and O–H groups in total. The van der Waals surface area contributed by atoms with Gasteiger partial charge in [-0.05, 0) is 41.5 Å². The molecule has 0 atom stereocenters. The number of ether oxygens (including phenoxy) is 4. The van der Waals surface area contributed by atoms with Crippen molar-refractivity contribution in [2.24, 2.45) is 0 Å². The predicted molar refractivity (Wildman–Crippen MR) is 114 cm³/mol. The molecule has 0 radical (unpaired) electrons. The van der Waals surface area contributed by atoms with E-state index < -0.39 is 11.8 Å². The fourth-order valence-corrected chi connectivity index (χ4v) is 3.77. The van der Waals surface area contributed by atoms with Gasteiger partial charge in [0.1, 0.15) is 0 Å². The van der Waals surface area contributed by atoms with Gasteiger partial charge in [0, 0.05) is 17.6 Å². The Hall–Kier alpha value is -4.26. The average Bonchev–Trinajstić information content (AvgIpc) is 3.47. The van der Waals surface area contributed by atoms with Crippen molar-refractivity contribution in [3.8, 4) is 23.0 Å². The van der Waals surface area contributed by atoms with E-state index in [1.54, 1.807) is 36.4 Å². The number of ketones is 1. The molecule has 0 saturated heterocycles. The van der Waals surface area contributed by atoms with Crippen LogP contribution in [0.3, 0.4) is 0 Å². The number of carbonyl (C=O) groups is 2. The minimum Gasteiger partial charge on any atom is -0.478 e. The molecule has 160 valence electrons. The zero-order valence-corrected chi connectivity index (χ0v) is 16.9. The lowest BCUT2D eigenvalue weighted by molar-refractivity contribution is -0.130. The monoisotopic (exact) mass is 430 g/mol. The summed E-state index contributed by atoms with van der Waals surface area (Å²) in [4.78, 5) is 26.1. The van der Waals surface area contributed by atoms with E-state index in [9.17, 15) is 14.7 Å². The third-order valence-electron chi connectivity index (χ3n) is 5.31. The SMILES string of the molecule is O=C(O)/C(=C(/Cc1ccccc1)C(=O)c1ccc2c(c1)OCO2)c1ccc2c(c1)OCO2. The molecule has 0 unspecified atom stereocenters. The number of rotatable bonds is 6. The van der Waals surface area contributed by atoms with Crippen molar-refractivity contribution in [3.63, 3.8) is 0 Å². The first-order valence-corrected chi connectivity index (χ1v) is 9.95. The highest BCUT2D eigenvalue weighted by Crippen LogP contribution is 2.37. The number of Topliss-reactive ketones (excluding diaryl/α,β-unsaturated/α-hetero) is 1. The highest BCUT2D eigenvalue weighted by atomic mass is 16.7. The molecule has 32 heavy (non-hydrogen) atoms. The molecule has 3 aromatic carbocycles. The van der Waals surface area contributed by atoms with Gasteiger partial charge in [-0.15, -0.1) is 0 Å². The topological polar surface area (TPSA) is 91.3 Å². The van der Waals surface area contributed by atoms with Crippen molar-refractivity contribution in [3.05, 3.63) is 89.0 Å². The highest BCUT2D eigenvalue weighted by Gasteiger charge is 2.27. The first-order valence-electron chi connectivity index (χ1n) is 9.95. The molecule has 7 nitrogen and oxygen atoms in total. The highest BCUT2D eigenvalue weighted by molar-refractivity contribution is 6.26. The van der Waals surface area contributed by atoms with Crippen LogP contribution in [0.4, 0.5) is 0 Å². The molecule has 0 saturated carbocycles. The second-order valence-electron chi connectivity index (χ2n) is 7.29. The maximum Gasteiger partial charge on any atom is 0.336 e. The van der Waals surface area contributed by atoms with Crippen molar-refractivity contribution in [2.75, 3.05) is 13.6 Å². The van der Waals surface area contributed by atoms with E-state index in [4.69, 9.17) is 18.9 Å². The van der Waals surface area contributed by atoms with Gasteiger partial charge in [0.25, 0.3) is 0 Å². The molecule has 0 fully saturated rings. The van der Waals surface area contributed by atoms with E-state index in [0.29, 0.717) is 34.1 Å². The molecular weight excluding hydrogens is 412 g/mol. The van der Waals surface area contributed by atoms with Crippen molar-refractivity contribution in [1.82, 2.24) is 0 Å². The van der Waals surface area contributed by atoms with Crippen LogP contribution in [-0.4, -0.2) is 30.4 Å². The van der Waals surface area contributed by atoms with Gasteiger partial charge < -0.3 is 24.1 Å². The van der Waals surface area contributed by atoms with E-state index in [-0.39, 0.29) is 31.2 Å². The lowest BCUT2D eigenvalue weighted by Crippen LogP contribution is -2.14. The number of aliphatic carboxylic acids is 1. The Kier molecular flexibility index (Phi) is 4.99. The van der Waals surface area contributed by atoms with Crippen molar-refractivity contribution in [1.29, 1.82) is 0 Å². The lowest BCUT2D eigenvalue weighted by atomic mass is 9.89. The molecule has 2 heterocycles. The fourth-order valence-electron chi connectivity index (χ4n) is 3.77. The Balaban J connectivity index is 1.65. The molecule has 0 aliphatic carbocycles. The summed E-state index contributed by atoms with van der Waals surface area (Å²) in [5.74, 6) is 0.367. The summed E-state index contributed by atoms with van der Waals surface area (Å²) >= 11 is 0. The third-order valence-corrected chi connectivity index (χ3v) is 5.31. The number of carbonyl (C=O) groups excluding carboxylic acids is 1. The maximum absolute atomic E-state index is 13.6.